The van der Waals surface area contributed by atoms with Crippen LogP contribution in [0.1, 0.15) is 41.5 Å². The van der Waals surface area contributed by atoms with Gasteiger partial charge in [0, 0.05) is 0 Å². The first-order valence-corrected chi connectivity index (χ1v) is 5.33. The van der Waals surface area contributed by atoms with Gasteiger partial charge in [0.25, 0.3) is 0 Å². The highest BCUT2D eigenvalue weighted by Gasteiger charge is 1.87. The van der Waals surface area contributed by atoms with Gasteiger partial charge in [-0.3, -0.25) is 0 Å². The third-order valence-electron chi connectivity index (χ3n) is 2.00. The largest absolute Gasteiger partial charge is 0.0686 e. The van der Waals surface area contributed by atoms with Crippen LogP contribution in [0.15, 0.2) is 24.3 Å². The van der Waals surface area contributed by atoms with Crippen LogP contribution in [0, 0.1) is 0 Å². The third kappa shape index (κ3) is 3.37. The van der Waals surface area contributed by atoms with Crippen LogP contribution in [0.5, 0.6) is 0 Å². The molecule has 0 amide bonds. The summed E-state index contributed by atoms with van der Waals surface area (Å²) in [6.07, 6.45) is 0. The first-order valence-electron chi connectivity index (χ1n) is 5.33. The molecule has 0 aliphatic carbocycles. The van der Waals surface area contributed by atoms with E-state index in [-0.39, 0.29) is 0 Å². The second kappa shape index (κ2) is 6.42. The molecular weight excluding hydrogens is 168 g/mol. The molecule has 0 heterocycles. The maximum Gasteiger partial charge on any atom is -0.0198 e. The van der Waals surface area contributed by atoms with Crippen molar-refractivity contribution in [3.8, 4) is 0 Å². The van der Waals surface area contributed by atoms with Crippen LogP contribution in [-0.4, -0.2) is 0 Å². The minimum absolute atomic E-state index is 1.37. The van der Waals surface area contributed by atoms with E-state index in [1.807, 2.05) is 13.8 Å². The van der Waals surface area contributed by atoms with Gasteiger partial charge in [-0.2, -0.15) is 0 Å². The van der Waals surface area contributed by atoms with Crippen molar-refractivity contribution >= 4 is 11.1 Å². The van der Waals surface area contributed by atoms with Crippen LogP contribution >= 0.6 is 0 Å². The minimum atomic E-state index is 1.37. The van der Waals surface area contributed by atoms with Crippen LogP contribution < -0.4 is 10.4 Å². The van der Waals surface area contributed by atoms with Gasteiger partial charge in [0.05, 0.1) is 0 Å². The second-order valence-corrected chi connectivity index (χ2v) is 3.55. The summed E-state index contributed by atoms with van der Waals surface area (Å²) in [7, 11) is 0. The van der Waals surface area contributed by atoms with Crippen molar-refractivity contribution in [1.29, 1.82) is 0 Å². The SMILES string of the molecule is CC.CC(C)=c1ccccc1=C(C)C. The van der Waals surface area contributed by atoms with Crippen LogP contribution in [-0.2, 0) is 0 Å². The summed E-state index contributed by atoms with van der Waals surface area (Å²) in [6.45, 7) is 12.6. The highest BCUT2D eigenvalue weighted by atomic mass is 13.9. The van der Waals surface area contributed by atoms with E-state index >= 15 is 0 Å². The van der Waals surface area contributed by atoms with Gasteiger partial charge in [-0.05, 0) is 38.1 Å². The maximum atomic E-state index is 2.18. The van der Waals surface area contributed by atoms with Crippen LogP contribution in [0.3, 0.4) is 0 Å². The number of rotatable bonds is 0. The zero-order chi connectivity index (χ0) is 11.1. The molecule has 0 aliphatic heterocycles. The van der Waals surface area contributed by atoms with E-state index in [0.29, 0.717) is 0 Å². The summed E-state index contributed by atoms with van der Waals surface area (Å²) in [6, 6.07) is 8.54. The molecule has 0 unspecified atom stereocenters. The van der Waals surface area contributed by atoms with Crippen molar-refractivity contribution in [3.63, 3.8) is 0 Å². The predicted octanol–water partition coefficient (Wildman–Crippen LogP) is 3.09. The van der Waals surface area contributed by atoms with E-state index in [9.17, 15) is 0 Å². The lowest BCUT2D eigenvalue weighted by molar-refractivity contribution is 1.39. The van der Waals surface area contributed by atoms with E-state index < -0.39 is 0 Å². The van der Waals surface area contributed by atoms with Gasteiger partial charge < -0.3 is 0 Å². The smallest absolute Gasteiger partial charge is 0.0198 e. The molecule has 0 spiro atoms. The standard InChI is InChI=1S/C12H16.C2H6/c1-9(2)11-7-5-6-8-12(11)10(3)4;1-2/h5-8H,1-4H3;1-2H3. The van der Waals surface area contributed by atoms with E-state index in [2.05, 4.69) is 52.0 Å². The van der Waals surface area contributed by atoms with Crippen molar-refractivity contribution in [1.82, 2.24) is 0 Å². The quantitative estimate of drug-likeness (QED) is 0.590. The first-order chi connectivity index (χ1) is 6.63. The van der Waals surface area contributed by atoms with Gasteiger partial charge in [-0.25, -0.2) is 0 Å². The Bertz CT molecular complexity index is 336. The van der Waals surface area contributed by atoms with Gasteiger partial charge >= 0.3 is 0 Å². The normalized spacial score (nSPS) is 8.71. The van der Waals surface area contributed by atoms with Crippen LogP contribution in [0.2, 0.25) is 0 Å². The molecular formula is C14H22. The van der Waals surface area contributed by atoms with Gasteiger partial charge in [-0.15, -0.1) is 0 Å². The third-order valence-corrected chi connectivity index (χ3v) is 2.00. The predicted molar refractivity (Wildman–Crippen MR) is 66.6 cm³/mol. The molecule has 1 aromatic carbocycles. The van der Waals surface area contributed by atoms with E-state index in [0.717, 1.165) is 0 Å². The molecule has 0 saturated carbocycles. The molecule has 1 aromatic rings. The molecule has 0 saturated heterocycles. The second-order valence-electron chi connectivity index (χ2n) is 3.55. The fourth-order valence-electron chi connectivity index (χ4n) is 1.36. The lowest BCUT2D eigenvalue weighted by Crippen LogP contribution is -2.26. The molecule has 0 aromatic heterocycles. The molecule has 0 radical (unpaired) electrons. The van der Waals surface area contributed by atoms with Gasteiger partial charge in [0.15, 0.2) is 0 Å². The Balaban J connectivity index is 0.000000791. The zero-order valence-electron chi connectivity index (χ0n) is 10.3. The molecule has 0 aliphatic rings. The van der Waals surface area contributed by atoms with E-state index in [1.54, 1.807) is 0 Å². The van der Waals surface area contributed by atoms with Crippen molar-refractivity contribution in [2.45, 2.75) is 41.5 Å². The molecule has 0 fully saturated rings. The number of hydrogen-bond donors (Lipinski definition) is 0. The Hall–Kier alpha value is -1.04. The highest BCUT2D eigenvalue weighted by molar-refractivity contribution is 5.46. The number of benzene rings is 1. The molecule has 0 bridgehead atoms. The minimum Gasteiger partial charge on any atom is -0.0686 e. The van der Waals surface area contributed by atoms with Crippen molar-refractivity contribution in [2.24, 2.45) is 0 Å². The summed E-state index contributed by atoms with van der Waals surface area (Å²) in [5.41, 5.74) is 2.76. The Morgan fingerprint density at radius 2 is 1.00 bits per heavy atom. The lowest BCUT2D eigenvalue weighted by atomic mass is 10.1. The molecule has 0 N–H and O–H groups in total. The van der Waals surface area contributed by atoms with Gasteiger partial charge in [0.2, 0.25) is 0 Å². The van der Waals surface area contributed by atoms with E-state index in [4.69, 9.17) is 0 Å². The average molecular weight is 190 g/mol. The van der Waals surface area contributed by atoms with E-state index in [1.165, 1.54) is 21.6 Å². The van der Waals surface area contributed by atoms with Gasteiger partial charge in [-0.1, -0.05) is 49.3 Å². The van der Waals surface area contributed by atoms with Crippen molar-refractivity contribution in [3.05, 3.63) is 34.7 Å². The van der Waals surface area contributed by atoms with Gasteiger partial charge in [0.1, 0.15) is 0 Å². The Morgan fingerprint density at radius 3 is 1.21 bits per heavy atom. The number of hydrogen-bond acceptors (Lipinski definition) is 0. The molecule has 1 rings (SSSR count). The molecule has 78 valence electrons. The average Bonchev–Trinajstić information content (AvgIpc) is 2.20. The topological polar surface area (TPSA) is 0 Å². The molecule has 0 nitrogen and oxygen atoms in total. The Kier molecular flexibility index (Phi) is 5.94. The Morgan fingerprint density at radius 1 is 0.714 bits per heavy atom. The fraction of sp³-hybridized carbons (Fsp3) is 0.429. The first kappa shape index (κ1) is 13.0. The molecule has 14 heavy (non-hydrogen) atoms. The lowest BCUT2D eigenvalue weighted by Gasteiger charge is -1.95. The summed E-state index contributed by atoms with van der Waals surface area (Å²) >= 11 is 0. The van der Waals surface area contributed by atoms with Crippen molar-refractivity contribution in [2.75, 3.05) is 0 Å². The Labute approximate surface area is 88.0 Å². The van der Waals surface area contributed by atoms with Crippen molar-refractivity contribution < 1.29 is 0 Å². The summed E-state index contributed by atoms with van der Waals surface area (Å²) in [5, 5.41) is 2.75. The maximum absolute atomic E-state index is 2.18. The van der Waals surface area contributed by atoms with Crippen LogP contribution in [0.25, 0.3) is 11.1 Å². The summed E-state index contributed by atoms with van der Waals surface area (Å²) in [4.78, 5) is 0. The summed E-state index contributed by atoms with van der Waals surface area (Å²) in [5.74, 6) is 0. The summed E-state index contributed by atoms with van der Waals surface area (Å²) < 4.78 is 0. The highest BCUT2D eigenvalue weighted by Crippen LogP contribution is 1.87. The monoisotopic (exact) mass is 190 g/mol. The molecule has 0 atom stereocenters. The fourth-order valence-corrected chi connectivity index (χ4v) is 1.36. The zero-order valence-corrected chi connectivity index (χ0v) is 10.3. The van der Waals surface area contributed by atoms with Crippen LogP contribution in [0.4, 0.5) is 0 Å². The molecule has 0 heteroatoms.